The lowest BCUT2D eigenvalue weighted by atomic mass is 10.2. The van der Waals surface area contributed by atoms with E-state index in [1.165, 1.54) is 4.57 Å². The summed E-state index contributed by atoms with van der Waals surface area (Å²) in [4.78, 5) is 11.5. The number of anilines is 1. The van der Waals surface area contributed by atoms with Crippen molar-refractivity contribution >= 4 is 11.8 Å². The highest BCUT2D eigenvalue weighted by Gasteiger charge is 2.23. The number of rotatable bonds is 0. The highest BCUT2D eigenvalue weighted by Crippen LogP contribution is 2.06. The minimum atomic E-state index is -0.481. The molecule has 0 unspecified atom stereocenters. The molecule has 0 aliphatic rings. The molecule has 0 saturated carbocycles. The van der Waals surface area contributed by atoms with Gasteiger partial charge in [-0.25, -0.2) is 0 Å². The number of hydrogen-bond donors (Lipinski definition) is 1. The second-order valence-electron chi connectivity index (χ2n) is 4.02. The van der Waals surface area contributed by atoms with Gasteiger partial charge < -0.3 is 10.5 Å². The van der Waals surface area contributed by atoms with Crippen molar-refractivity contribution in [3.8, 4) is 0 Å². The first-order valence-corrected chi connectivity index (χ1v) is 4.39. The van der Waals surface area contributed by atoms with Gasteiger partial charge in [0.15, 0.2) is 12.4 Å². The Morgan fingerprint density at radius 3 is 2.29 bits per heavy atom. The van der Waals surface area contributed by atoms with Crippen LogP contribution in [0.15, 0.2) is 24.5 Å². The van der Waals surface area contributed by atoms with Crippen LogP contribution in [0.25, 0.3) is 0 Å². The third-order valence-electron chi connectivity index (χ3n) is 1.46. The molecule has 0 saturated heterocycles. The number of aromatic nitrogens is 1. The predicted molar refractivity (Wildman–Crippen MR) is 52.7 cm³/mol. The summed E-state index contributed by atoms with van der Waals surface area (Å²) in [6, 6.07) is 3.29. The Hall–Kier alpha value is -1.58. The maximum absolute atomic E-state index is 11.5. The number of carbonyl (C=O) groups excluding carboxylic acids is 1. The van der Waals surface area contributed by atoms with Gasteiger partial charge in [-0.1, -0.05) is 4.57 Å². The van der Waals surface area contributed by atoms with Gasteiger partial charge in [0.05, 0.1) is 0 Å². The van der Waals surface area contributed by atoms with E-state index in [-0.39, 0.29) is 0 Å². The monoisotopic (exact) mass is 195 g/mol. The molecule has 1 rings (SSSR count). The highest BCUT2D eigenvalue weighted by molar-refractivity contribution is 5.57. The number of pyridine rings is 1. The number of ether oxygens (including phenoxy) is 1. The lowest BCUT2D eigenvalue weighted by molar-refractivity contribution is -0.588. The van der Waals surface area contributed by atoms with Crippen molar-refractivity contribution in [3.05, 3.63) is 24.5 Å². The second-order valence-corrected chi connectivity index (χ2v) is 4.02. The molecule has 0 bridgehead atoms. The standard InChI is InChI=1S/C10H14N2O2/c1-10(2,3)14-9(13)12-6-4-8(11)5-7-12/h4-7,11H,1-3H3/p+1. The van der Waals surface area contributed by atoms with Crippen LogP contribution in [0.2, 0.25) is 0 Å². The summed E-state index contributed by atoms with van der Waals surface area (Å²) in [6.07, 6.45) is 2.74. The first-order valence-electron chi connectivity index (χ1n) is 4.39. The van der Waals surface area contributed by atoms with Gasteiger partial charge in [-0.15, -0.1) is 0 Å². The van der Waals surface area contributed by atoms with Crippen molar-refractivity contribution in [3.63, 3.8) is 0 Å². The SMILES string of the molecule is CC(C)(C)OC(=O)[n+]1ccc(N)cc1. The number of hydrogen-bond acceptors (Lipinski definition) is 3. The largest absolute Gasteiger partial charge is 0.602 e. The van der Waals surface area contributed by atoms with E-state index >= 15 is 0 Å². The van der Waals surface area contributed by atoms with E-state index in [2.05, 4.69) is 0 Å². The van der Waals surface area contributed by atoms with Gasteiger partial charge in [-0.2, -0.15) is 4.79 Å². The van der Waals surface area contributed by atoms with Crippen molar-refractivity contribution in [2.45, 2.75) is 26.4 Å². The summed E-state index contributed by atoms with van der Waals surface area (Å²) >= 11 is 0. The van der Waals surface area contributed by atoms with E-state index in [4.69, 9.17) is 10.5 Å². The van der Waals surface area contributed by atoms with Crippen molar-refractivity contribution < 1.29 is 14.1 Å². The van der Waals surface area contributed by atoms with Crippen LogP contribution < -0.4 is 10.3 Å². The van der Waals surface area contributed by atoms with Crippen molar-refractivity contribution in [1.29, 1.82) is 0 Å². The molecule has 0 amide bonds. The Balaban J connectivity index is 2.76. The van der Waals surface area contributed by atoms with Gasteiger partial charge in [0, 0.05) is 17.8 Å². The van der Waals surface area contributed by atoms with E-state index in [9.17, 15) is 4.79 Å². The quantitative estimate of drug-likeness (QED) is 0.635. The minimum Gasteiger partial charge on any atom is -0.406 e. The summed E-state index contributed by atoms with van der Waals surface area (Å²) in [6.45, 7) is 5.47. The van der Waals surface area contributed by atoms with Crippen LogP contribution in [0.4, 0.5) is 10.5 Å². The summed E-state index contributed by atoms with van der Waals surface area (Å²) in [5.41, 5.74) is 5.62. The number of carbonyl (C=O) groups is 1. The molecule has 0 aliphatic heterocycles. The highest BCUT2D eigenvalue weighted by atomic mass is 16.6. The minimum absolute atomic E-state index is 0.405. The number of nitrogen functional groups attached to an aromatic ring is 1. The first kappa shape index (κ1) is 10.5. The third-order valence-corrected chi connectivity index (χ3v) is 1.46. The molecule has 0 atom stereocenters. The molecular weight excluding hydrogens is 180 g/mol. The van der Waals surface area contributed by atoms with Crippen LogP contribution >= 0.6 is 0 Å². The fourth-order valence-electron chi connectivity index (χ4n) is 0.874. The van der Waals surface area contributed by atoms with Crippen LogP contribution in [0.5, 0.6) is 0 Å². The summed E-state index contributed by atoms with van der Waals surface area (Å²) < 4.78 is 6.50. The zero-order valence-electron chi connectivity index (χ0n) is 8.65. The van der Waals surface area contributed by atoms with Gasteiger partial charge in [0.1, 0.15) is 5.60 Å². The molecule has 0 radical (unpaired) electrons. The Morgan fingerprint density at radius 1 is 1.36 bits per heavy atom. The molecule has 0 spiro atoms. The Bertz CT molecular complexity index is 325. The summed E-state index contributed by atoms with van der Waals surface area (Å²) in [7, 11) is 0. The molecule has 0 fully saturated rings. The fourth-order valence-corrected chi connectivity index (χ4v) is 0.874. The van der Waals surface area contributed by atoms with Crippen LogP contribution in [-0.4, -0.2) is 11.7 Å². The molecule has 1 aromatic rings. The van der Waals surface area contributed by atoms with E-state index in [1.54, 1.807) is 24.5 Å². The summed E-state index contributed by atoms with van der Waals surface area (Å²) in [5, 5.41) is 0. The van der Waals surface area contributed by atoms with E-state index in [1.807, 2.05) is 20.8 Å². The zero-order valence-corrected chi connectivity index (χ0v) is 8.65. The van der Waals surface area contributed by atoms with Gasteiger partial charge in [-0.3, -0.25) is 0 Å². The van der Waals surface area contributed by atoms with Gasteiger partial charge >= 0.3 is 6.09 Å². The lowest BCUT2D eigenvalue weighted by Gasteiger charge is -2.15. The first-order chi connectivity index (χ1) is 6.38. The lowest BCUT2D eigenvalue weighted by Crippen LogP contribution is -2.45. The van der Waals surface area contributed by atoms with Gasteiger partial charge in [0.25, 0.3) is 0 Å². The molecule has 4 heteroatoms. The topological polar surface area (TPSA) is 56.2 Å². The average Bonchev–Trinajstić information content (AvgIpc) is 2.02. The number of nitrogens with two attached hydrogens (primary N) is 1. The Morgan fingerprint density at radius 2 is 1.86 bits per heavy atom. The van der Waals surface area contributed by atoms with Crippen LogP contribution in [0.1, 0.15) is 20.8 Å². The van der Waals surface area contributed by atoms with Gasteiger partial charge in [0.2, 0.25) is 0 Å². The maximum Gasteiger partial charge on any atom is 0.602 e. The molecule has 0 aliphatic carbocycles. The second kappa shape index (κ2) is 3.65. The molecule has 1 aromatic heterocycles. The molecule has 4 nitrogen and oxygen atoms in total. The van der Waals surface area contributed by atoms with E-state index in [0.717, 1.165) is 0 Å². The molecule has 2 N–H and O–H groups in total. The van der Waals surface area contributed by atoms with Crippen LogP contribution in [-0.2, 0) is 4.74 Å². The third kappa shape index (κ3) is 3.05. The van der Waals surface area contributed by atoms with Crippen molar-refractivity contribution in [2.24, 2.45) is 0 Å². The number of nitrogens with zero attached hydrogens (tertiary/aromatic N) is 1. The molecule has 0 aromatic carbocycles. The molecule has 14 heavy (non-hydrogen) atoms. The van der Waals surface area contributed by atoms with Crippen LogP contribution in [0, 0.1) is 0 Å². The zero-order chi connectivity index (χ0) is 10.8. The normalized spacial score (nSPS) is 11.1. The van der Waals surface area contributed by atoms with Crippen molar-refractivity contribution in [1.82, 2.24) is 0 Å². The fraction of sp³-hybridized carbons (Fsp3) is 0.400. The smallest absolute Gasteiger partial charge is 0.406 e. The maximum atomic E-state index is 11.5. The molecular formula is C10H15N2O2+. The molecule has 1 heterocycles. The van der Waals surface area contributed by atoms with E-state index in [0.29, 0.717) is 5.69 Å². The van der Waals surface area contributed by atoms with E-state index < -0.39 is 11.7 Å². The Labute approximate surface area is 83.3 Å². The van der Waals surface area contributed by atoms with Crippen molar-refractivity contribution in [2.75, 3.05) is 5.73 Å². The van der Waals surface area contributed by atoms with Crippen LogP contribution in [0.3, 0.4) is 0 Å². The molecule has 76 valence electrons. The summed E-state index contributed by atoms with van der Waals surface area (Å²) in [5.74, 6) is 0. The average molecular weight is 195 g/mol. The van der Waals surface area contributed by atoms with Gasteiger partial charge in [-0.05, 0) is 20.8 Å². The Kier molecular flexibility index (Phi) is 2.74. The predicted octanol–water partition coefficient (Wildman–Crippen LogP) is 1.34.